The van der Waals surface area contributed by atoms with Crippen LogP contribution in [0.4, 0.5) is 5.69 Å². The highest BCUT2D eigenvalue weighted by molar-refractivity contribution is 14.1. The summed E-state index contributed by atoms with van der Waals surface area (Å²) >= 11 is 7.14. The predicted octanol–water partition coefficient (Wildman–Crippen LogP) is 3.63. The number of amides is 1. The Labute approximate surface area is 131 Å². The molecule has 0 unspecified atom stereocenters. The van der Waals surface area contributed by atoms with Crippen LogP contribution < -0.4 is 11.1 Å². The minimum Gasteiger partial charge on any atom is -0.399 e. The van der Waals surface area contributed by atoms with Crippen LogP contribution in [0.2, 0.25) is 0 Å². The van der Waals surface area contributed by atoms with Crippen molar-refractivity contribution in [3.63, 3.8) is 0 Å². The van der Waals surface area contributed by atoms with Crippen LogP contribution in [-0.2, 0) is 6.54 Å². The zero-order chi connectivity index (χ0) is 13.1. The SMILES string of the molecule is Nc1cc(I)cc(C(=O)NCc2ccc(Br)s2)c1. The molecule has 0 saturated heterocycles. The summed E-state index contributed by atoms with van der Waals surface area (Å²) in [5.41, 5.74) is 6.91. The van der Waals surface area contributed by atoms with Crippen molar-refractivity contribution in [3.8, 4) is 0 Å². The van der Waals surface area contributed by atoms with Crippen molar-refractivity contribution in [2.45, 2.75) is 6.54 Å². The highest BCUT2D eigenvalue weighted by atomic mass is 127. The van der Waals surface area contributed by atoms with Gasteiger partial charge in [0.1, 0.15) is 0 Å². The van der Waals surface area contributed by atoms with Crippen molar-refractivity contribution in [2.24, 2.45) is 0 Å². The number of nitrogen functional groups attached to an aromatic ring is 1. The highest BCUT2D eigenvalue weighted by Crippen LogP contribution is 2.22. The van der Waals surface area contributed by atoms with Crippen molar-refractivity contribution in [1.29, 1.82) is 0 Å². The molecule has 1 heterocycles. The van der Waals surface area contributed by atoms with Crippen molar-refractivity contribution in [1.82, 2.24) is 5.32 Å². The molecule has 0 aliphatic heterocycles. The van der Waals surface area contributed by atoms with E-state index in [9.17, 15) is 4.79 Å². The van der Waals surface area contributed by atoms with E-state index >= 15 is 0 Å². The molecule has 1 aromatic carbocycles. The van der Waals surface area contributed by atoms with E-state index in [4.69, 9.17) is 5.73 Å². The summed E-state index contributed by atoms with van der Waals surface area (Å²) in [6.45, 7) is 0.528. The monoisotopic (exact) mass is 436 g/mol. The van der Waals surface area contributed by atoms with Crippen LogP contribution in [0.3, 0.4) is 0 Å². The minimum absolute atomic E-state index is 0.107. The van der Waals surface area contributed by atoms with Crippen LogP contribution in [0, 0.1) is 3.57 Å². The third-order valence-electron chi connectivity index (χ3n) is 2.23. The van der Waals surface area contributed by atoms with E-state index in [2.05, 4.69) is 43.8 Å². The molecule has 2 aromatic rings. The number of thiophene rings is 1. The number of rotatable bonds is 3. The number of anilines is 1. The Bertz CT molecular complexity index is 565. The molecule has 0 fully saturated rings. The van der Waals surface area contributed by atoms with Crippen LogP contribution in [-0.4, -0.2) is 5.91 Å². The molecule has 0 spiro atoms. The van der Waals surface area contributed by atoms with Gasteiger partial charge in [0.15, 0.2) is 0 Å². The summed E-state index contributed by atoms with van der Waals surface area (Å²) in [6.07, 6.45) is 0. The Morgan fingerprint density at radius 1 is 1.39 bits per heavy atom. The Balaban J connectivity index is 2.03. The molecule has 94 valence electrons. The zero-order valence-electron chi connectivity index (χ0n) is 9.24. The van der Waals surface area contributed by atoms with Crippen LogP contribution in [0.15, 0.2) is 34.1 Å². The largest absolute Gasteiger partial charge is 0.399 e. The molecule has 0 atom stereocenters. The van der Waals surface area contributed by atoms with Crippen molar-refractivity contribution in [2.75, 3.05) is 5.73 Å². The number of halogens is 2. The minimum atomic E-state index is -0.107. The van der Waals surface area contributed by atoms with E-state index in [1.807, 2.05) is 24.3 Å². The number of carbonyl (C=O) groups is 1. The number of nitrogens with one attached hydrogen (secondary N) is 1. The fourth-order valence-electron chi connectivity index (χ4n) is 1.46. The molecule has 0 aliphatic rings. The first-order valence-corrected chi connectivity index (χ1v) is 7.82. The maximum Gasteiger partial charge on any atom is 0.251 e. The highest BCUT2D eigenvalue weighted by Gasteiger charge is 2.07. The first-order valence-electron chi connectivity index (χ1n) is 5.13. The summed E-state index contributed by atoms with van der Waals surface area (Å²) < 4.78 is 2.02. The third-order valence-corrected chi connectivity index (χ3v) is 4.48. The Morgan fingerprint density at radius 3 is 2.78 bits per heavy atom. The molecule has 18 heavy (non-hydrogen) atoms. The first-order chi connectivity index (χ1) is 8.54. The average molecular weight is 437 g/mol. The smallest absolute Gasteiger partial charge is 0.251 e. The lowest BCUT2D eigenvalue weighted by molar-refractivity contribution is 0.0951. The molecular weight excluding hydrogens is 427 g/mol. The van der Waals surface area contributed by atoms with Gasteiger partial charge >= 0.3 is 0 Å². The van der Waals surface area contributed by atoms with E-state index in [-0.39, 0.29) is 5.91 Å². The molecule has 1 aromatic heterocycles. The van der Waals surface area contributed by atoms with Gasteiger partial charge in [-0.15, -0.1) is 11.3 Å². The number of carbonyl (C=O) groups excluding carboxylic acids is 1. The maximum atomic E-state index is 12.0. The van der Waals surface area contributed by atoms with Crippen LogP contribution in [0.5, 0.6) is 0 Å². The van der Waals surface area contributed by atoms with Gasteiger partial charge in [0.05, 0.1) is 10.3 Å². The standard InChI is InChI=1S/C12H10BrIN2OS/c13-11-2-1-10(18-11)6-16-12(17)7-3-8(14)5-9(15)4-7/h1-5H,6,15H2,(H,16,17). The second-order valence-corrected chi connectivity index (χ2v) is 7.45. The van der Waals surface area contributed by atoms with E-state index in [0.717, 1.165) is 12.2 Å². The summed E-state index contributed by atoms with van der Waals surface area (Å²) in [5.74, 6) is -0.107. The topological polar surface area (TPSA) is 55.1 Å². The lowest BCUT2D eigenvalue weighted by Gasteiger charge is -2.05. The van der Waals surface area contributed by atoms with Crippen LogP contribution >= 0.6 is 49.9 Å². The van der Waals surface area contributed by atoms with Crippen molar-refractivity contribution in [3.05, 3.63) is 48.1 Å². The fourth-order valence-corrected chi connectivity index (χ4v) is 3.58. The second kappa shape index (κ2) is 6.03. The normalized spacial score (nSPS) is 10.3. The molecule has 0 saturated carbocycles. The lowest BCUT2D eigenvalue weighted by Crippen LogP contribution is -2.22. The predicted molar refractivity (Wildman–Crippen MR) is 86.8 cm³/mol. The van der Waals surface area contributed by atoms with E-state index in [1.165, 1.54) is 0 Å². The maximum absolute atomic E-state index is 12.0. The molecule has 0 aliphatic carbocycles. The Kier molecular flexibility index (Phi) is 4.63. The molecule has 3 N–H and O–H groups in total. The zero-order valence-corrected chi connectivity index (χ0v) is 13.8. The molecular formula is C12H10BrIN2OS. The Morgan fingerprint density at radius 2 is 2.17 bits per heavy atom. The summed E-state index contributed by atoms with van der Waals surface area (Å²) in [4.78, 5) is 13.1. The van der Waals surface area contributed by atoms with E-state index in [0.29, 0.717) is 17.8 Å². The van der Waals surface area contributed by atoms with E-state index in [1.54, 1.807) is 17.4 Å². The first kappa shape index (κ1) is 13.8. The lowest BCUT2D eigenvalue weighted by atomic mass is 10.2. The quantitative estimate of drug-likeness (QED) is 0.570. The van der Waals surface area contributed by atoms with Gasteiger partial charge < -0.3 is 11.1 Å². The van der Waals surface area contributed by atoms with Crippen LogP contribution in [0.1, 0.15) is 15.2 Å². The van der Waals surface area contributed by atoms with Gasteiger partial charge in [-0.05, 0) is 68.9 Å². The molecule has 0 bridgehead atoms. The van der Waals surface area contributed by atoms with Crippen LogP contribution in [0.25, 0.3) is 0 Å². The van der Waals surface area contributed by atoms with Crippen molar-refractivity contribution >= 4 is 61.5 Å². The molecule has 3 nitrogen and oxygen atoms in total. The summed E-state index contributed by atoms with van der Waals surface area (Å²) in [5, 5.41) is 2.87. The van der Waals surface area contributed by atoms with Gasteiger partial charge in [-0.3, -0.25) is 4.79 Å². The fraction of sp³-hybridized carbons (Fsp3) is 0.0833. The molecule has 6 heteroatoms. The summed E-state index contributed by atoms with van der Waals surface area (Å²) in [6, 6.07) is 9.28. The van der Waals surface area contributed by atoms with E-state index < -0.39 is 0 Å². The van der Waals surface area contributed by atoms with Gasteiger partial charge in [-0.2, -0.15) is 0 Å². The molecule has 0 radical (unpaired) electrons. The molecule has 2 rings (SSSR count). The molecule has 1 amide bonds. The summed E-state index contributed by atoms with van der Waals surface area (Å²) in [7, 11) is 0. The number of hydrogen-bond donors (Lipinski definition) is 2. The number of nitrogens with two attached hydrogens (primary N) is 1. The number of hydrogen-bond acceptors (Lipinski definition) is 3. The van der Waals surface area contributed by atoms with Gasteiger partial charge in [-0.25, -0.2) is 0 Å². The van der Waals surface area contributed by atoms with Gasteiger partial charge in [0.2, 0.25) is 0 Å². The average Bonchev–Trinajstić information content (AvgIpc) is 2.70. The Hall–Kier alpha value is -0.600. The van der Waals surface area contributed by atoms with Gasteiger partial charge in [0, 0.05) is 19.7 Å². The van der Waals surface area contributed by atoms with Crippen molar-refractivity contribution < 1.29 is 4.79 Å². The number of benzene rings is 1. The van der Waals surface area contributed by atoms with Gasteiger partial charge in [0.25, 0.3) is 5.91 Å². The van der Waals surface area contributed by atoms with Gasteiger partial charge in [-0.1, -0.05) is 0 Å². The second-order valence-electron chi connectivity index (χ2n) is 3.66. The third kappa shape index (κ3) is 3.69.